The van der Waals surface area contributed by atoms with Gasteiger partial charge in [0, 0.05) is 11.1 Å². The van der Waals surface area contributed by atoms with Crippen LogP contribution in [0.25, 0.3) is 0 Å². The summed E-state index contributed by atoms with van der Waals surface area (Å²) in [5, 5.41) is -1.47. The number of hydrogen-bond acceptors (Lipinski definition) is 5. The predicted molar refractivity (Wildman–Crippen MR) is 82.8 cm³/mol. The molecule has 2 aromatic carbocycles. The Labute approximate surface area is 130 Å². The molecular weight excluding hydrogens is 304 g/mol. The average molecular weight is 318 g/mol. The Morgan fingerprint density at radius 2 is 1.05 bits per heavy atom. The highest BCUT2D eigenvalue weighted by Crippen LogP contribution is 2.16. The summed E-state index contributed by atoms with van der Waals surface area (Å²) in [6.07, 6.45) is 0. The molecule has 114 valence electrons. The molecule has 0 atom stereocenters. The van der Waals surface area contributed by atoms with Crippen molar-refractivity contribution < 1.29 is 23.3 Å². The van der Waals surface area contributed by atoms with Gasteiger partial charge in [-0.05, 0) is 48.5 Å². The van der Waals surface area contributed by atoms with Crippen molar-refractivity contribution in [2.75, 3.05) is 14.2 Å². The first-order valence-electron chi connectivity index (χ1n) is 6.35. The van der Waals surface area contributed by atoms with Gasteiger partial charge in [-0.2, -0.15) is 0 Å². The van der Waals surface area contributed by atoms with E-state index in [2.05, 4.69) is 0 Å². The smallest absolute Gasteiger partial charge is 0.257 e. The molecule has 0 aromatic heterocycles. The van der Waals surface area contributed by atoms with E-state index in [9.17, 15) is 13.8 Å². The second kappa shape index (κ2) is 7.00. The van der Waals surface area contributed by atoms with E-state index in [4.69, 9.17) is 9.47 Å². The lowest BCUT2D eigenvalue weighted by molar-refractivity contribution is 0.105. The van der Waals surface area contributed by atoms with Crippen LogP contribution >= 0.6 is 0 Å². The minimum Gasteiger partial charge on any atom is -0.497 e. The molecule has 0 fully saturated rings. The summed E-state index contributed by atoms with van der Waals surface area (Å²) in [7, 11) is 0.716. The van der Waals surface area contributed by atoms with Crippen LogP contribution in [-0.4, -0.2) is 28.7 Å². The third-order valence-corrected chi connectivity index (χ3v) is 4.13. The molecule has 0 N–H and O–H groups in total. The number of benzene rings is 2. The molecule has 0 unspecified atom stereocenters. The zero-order valence-corrected chi connectivity index (χ0v) is 12.9. The molecule has 0 saturated heterocycles. The zero-order valence-electron chi connectivity index (χ0n) is 12.1. The Hall–Kier alpha value is -2.47. The van der Waals surface area contributed by atoms with Gasteiger partial charge in [-0.3, -0.25) is 9.59 Å². The van der Waals surface area contributed by atoms with Crippen molar-refractivity contribution >= 4 is 21.0 Å². The third kappa shape index (κ3) is 3.40. The van der Waals surface area contributed by atoms with Crippen LogP contribution in [0.5, 0.6) is 11.5 Å². The van der Waals surface area contributed by atoms with Gasteiger partial charge in [0.25, 0.3) is 10.2 Å². The maximum atomic E-state index is 12.1. The summed E-state index contributed by atoms with van der Waals surface area (Å²) in [5.41, 5.74) is 0.391. The van der Waals surface area contributed by atoms with Crippen molar-refractivity contribution in [1.82, 2.24) is 0 Å². The van der Waals surface area contributed by atoms with E-state index in [1.165, 1.54) is 38.5 Å². The van der Waals surface area contributed by atoms with Crippen LogP contribution < -0.4 is 9.47 Å². The number of ether oxygens (including phenoxy) is 2. The Bertz CT molecular complexity index is 643. The maximum Gasteiger partial charge on any atom is 0.257 e. The van der Waals surface area contributed by atoms with Crippen LogP contribution in [0.2, 0.25) is 0 Å². The van der Waals surface area contributed by atoms with Gasteiger partial charge in [0.05, 0.1) is 14.2 Å². The highest BCUT2D eigenvalue weighted by atomic mass is 32.2. The van der Waals surface area contributed by atoms with E-state index < -0.39 is 21.0 Å². The van der Waals surface area contributed by atoms with Crippen LogP contribution in [0.1, 0.15) is 20.7 Å². The van der Waals surface area contributed by atoms with E-state index in [1.54, 1.807) is 24.3 Å². The fourth-order valence-corrected chi connectivity index (χ4v) is 2.62. The van der Waals surface area contributed by atoms with Crippen LogP contribution in [-0.2, 0) is 10.8 Å². The molecule has 0 bridgehead atoms. The standard InChI is InChI=1S/C16H14O5S/c1-20-13-7-3-11(4-8-13)15(17)22(19)16(18)12-5-9-14(21-2)10-6-12/h3-10H,1-2H3. The third-order valence-electron chi connectivity index (χ3n) is 2.99. The van der Waals surface area contributed by atoms with E-state index in [0.29, 0.717) is 11.5 Å². The Balaban J connectivity index is 2.17. The largest absolute Gasteiger partial charge is 0.497 e. The SMILES string of the molecule is COc1ccc(C(=O)S(=O)C(=O)c2ccc(OC)cc2)cc1. The average Bonchev–Trinajstić information content (AvgIpc) is 2.60. The Morgan fingerprint density at radius 3 is 1.32 bits per heavy atom. The number of hydrogen-bond donors (Lipinski definition) is 0. The molecule has 22 heavy (non-hydrogen) atoms. The number of methoxy groups -OCH3 is 2. The van der Waals surface area contributed by atoms with E-state index in [0.717, 1.165) is 0 Å². The molecule has 0 saturated carbocycles. The first kappa shape index (κ1) is 15.9. The molecule has 2 rings (SSSR count). The Kier molecular flexibility index (Phi) is 5.06. The summed E-state index contributed by atoms with van der Waals surface area (Å²) >= 11 is 0. The van der Waals surface area contributed by atoms with Gasteiger partial charge >= 0.3 is 0 Å². The summed E-state index contributed by atoms with van der Waals surface area (Å²) in [6, 6.07) is 12.2. The summed E-state index contributed by atoms with van der Waals surface area (Å²) in [5.74, 6) is 1.15. The van der Waals surface area contributed by atoms with Gasteiger partial charge in [0.2, 0.25) is 0 Å². The van der Waals surface area contributed by atoms with Crippen molar-refractivity contribution in [3.63, 3.8) is 0 Å². The van der Waals surface area contributed by atoms with Gasteiger partial charge in [0.15, 0.2) is 10.8 Å². The number of rotatable bonds is 4. The maximum absolute atomic E-state index is 12.1. The molecule has 5 nitrogen and oxygen atoms in total. The van der Waals surface area contributed by atoms with Crippen molar-refractivity contribution in [2.45, 2.75) is 0 Å². The molecule has 2 aromatic rings. The van der Waals surface area contributed by atoms with Crippen LogP contribution in [0, 0.1) is 0 Å². The first-order chi connectivity index (χ1) is 10.6. The fraction of sp³-hybridized carbons (Fsp3) is 0.125. The van der Waals surface area contributed by atoms with Crippen LogP contribution in [0.4, 0.5) is 0 Å². The van der Waals surface area contributed by atoms with Gasteiger partial charge in [-0.25, -0.2) is 4.21 Å². The van der Waals surface area contributed by atoms with Crippen molar-refractivity contribution in [1.29, 1.82) is 0 Å². The molecule has 6 heteroatoms. The molecule has 0 radical (unpaired) electrons. The van der Waals surface area contributed by atoms with Gasteiger partial charge in [-0.15, -0.1) is 0 Å². The van der Waals surface area contributed by atoms with E-state index in [-0.39, 0.29) is 11.1 Å². The predicted octanol–water partition coefficient (Wildman–Crippen LogP) is 2.43. The highest BCUT2D eigenvalue weighted by Gasteiger charge is 2.23. The molecular formula is C16H14O5S. The number of carbonyl (C=O) groups is 2. The van der Waals surface area contributed by atoms with Crippen LogP contribution in [0.3, 0.4) is 0 Å². The van der Waals surface area contributed by atoms with Gasteiger partial charge in [0.1, 0.15) is 11.5 Å². The topological polar surface area (TPSA) is 69.7 Å². The lowest BCUT2D eigenvalue weighted by Crippen LogP contribution is -2.17. The van der Waals surface area contributed by atoms with Gasteiger partial charge in [-0.1, -0.05) is 0 Å². The van der Waals surface area contributed by atoms with E-state index in [1.807, 2.05) is 0 Å². The number of carbonyl (C=O) groups excluding carboxylic acids is 2. The molecule has 0 aliphatic heterocycles. The van der Waals surface area contributed by atoms with Gasteiger partial charge < -0.3 is 9.47 Å². The molecule has 0 aliphatic carbocycles. The minimum absolute atomic E-state index is 0.195. The van der Waals surface area contributed by atoms with Crippen molar-refractivity contribution in [2.24, 2.45) is 0 Å². The summed E-state index contributed by atoms with van der Waals surface area (Å²) in [4.78, 5) is 24.2. The minimum atomic E-state index is -2.29. The zero-order chi connectivity index (χ0) is 16.1. The molecule has 0 spiro atoms. The second-order valence-corrected chi connectivity index (χ2v) is 5.58. The Morgan fingerprint density at radius 1 is 0.727 bits per heavy atom. The molecule has 0 heterocycles. The van der Waals surface area contributed by atoms with E-state index >= 15 is 0 Å². The quantitative estimate of drug-likeness (QED) is 0.866. The second-order valence-electron chi connectivity index (χ2n) is 4.30. The van der Waals surface area contributed by atoms with Crippen molar-refractivity contribution in [3.05, 3.63) is 59.7 Å². The molecule has 0 aliphatic rings. The lowest BCUT2D eigenvalue weighted by Gasteiger charge is -2.04. The molecule has 0 amide bonds. The fourth-order valence-electron chi connectivity index (χ4n) is 1.75. The monoisotopic (exact) mass is 318 g/mol. The normalized spacial score (nSPS) is 10.3. The van der Waals surface area contributed by atoms with Crippen molar-refractivity contribution in [3.8, 4) is 11.5 Å². The van der Waals surface area contributed by atoms with Crippen LogP contribution in [0.15, 0.2) is 48.5 Å². The highest BCUT2D eigenvalue weighted by molar-refractivity contribution is 8.14. The summed E-state index contributed by atoms with van der Waals surface area (Å²) < 4.78 is 22.1. The summed E-state index contributed by atoms with van der Waals surface area (Å²) in [6.45, 7) is 0. The first-order valence-corrected chi connectivity index (χ1v) is 7.50. The lowest BCUT2D eigenvalue weighted by atomic mass is 10.2.